The molecule has 2 amide bonds. The van der Waals surface area contributed by atoms with Crippen LogP contribution in [0.1, 0.15) is 36.5 Å². The van der Waals surface area contributed by atoms with Crippen LogP contribution < -0.4 is 10.2 Å². The summed E-state index contributed by atoms with van der Waals surface area (Å²) in [5.41, 5.74) is -0.971. The molecule has 11 heteroatoms. The Bertz CT molecular complexity index is 1220. The van der Waals surface area contributed by atoms with E-state index in [1.54, 1.807) is 11.8 Å². The minimum atomic E-state index is -4.84. The van der Waals surface area contributed by atoms with E-state index >= 15 is 0 Å². The molecular formula is C27H29F6N3O2. The number of aryl methyl sites for hydroxylation is 2. The van der Waals surface area contributed by atoms with E-state index < -0.39 is 59.2 Å². The highest BCUT2D eigenvalue weighted by Crippen LogP contribution is 2.44. The number of amides is 2. The number of halogens is 6. The van der Waals surface area contributed by atoms with Crippen LogP contribution in [0.25, 0.3) is 0 Å². The van der Waals surface area contributed by atoms with Gasteiger partial charge < -0.3 is 15.1 Å². The van der Waals surface area contributed by atoms with Gasteiger partial charge in [-0.1, -0.05) is 25.1 Å². The Balaban J connectivity index is 1.72. The van der Waals surface area contributed by atoms with Gasteiger partial charge in [0.25, 0.3) is 5.92 Å². The molecule has 0 aromatic heterocycles. The Morgan fingerprint density at radius 3 is 2.26 bits per heavy atom. The maximum absolute atomic E-state index is 14.0. The molecule has 2 heterocycles. The highest BCUT2D eigenvalue weighted by atomic mass is 19.4. The topological polar surface area (TPSA) is 52.6 Å². The lowest BCUT2D eigenvalue weighted by molar-refractivity contribution is -0.138. The molecule has 1 N–H and O–H groups in total. The van der Waals surface area contributed by atoms with Gasteiger partial charge in [-0.15, -0.1) is 0 Å². The number of alkyl halides is 5. The van der Waals surface area contributed by atoms with Crippen molar-refractivity contribution in [3.05, 3.63) is 58.9 Å². The molecule has 2 atom stereocenters. The Labute approximate surface area is 216 Å². The number of rotatable bonds is 5. The van der Waals surface area contributed by atoms with Crippen molar-refractivity contribution in [2.45, 2.75) is 45.7 Å². The maximum Gasteiger partial charge on any atom is 0.416 e. The summed E-state index contributed by atoms with van der Waals surface area (Å²) in [6.45, 7) is 5.00. The zero-order chi connectivity index (χ0) is 28.0. The third-order valence-electron chi connectivity index (χ3n) is 7.64. The van der Waals surface area contributed by atoms with Gasteiger partial charge in [0.1, 0.15) is 5.82 Å². The van der Waals surface area contributed by atoms with E-state index in [0.29, 0.717) is 17.8 Å². The molecule has 0 spiro atoms. The molecule has 0 saturated carbocycles. The first-order chi connectivity index (χ1) is 17.6. The van der Waals surface area contributed by atoms with Crippen molar-refractivity contribution in [2.24, 2.45) is 11.3 Å². The molecule has 2 aliphatic heterocycles. The molecule has 38 heavy (non-hydrogen) atoms. The lowest BCUT2D eigenvalue weighted by atomic mass is 9.76. The monoisotopic (exact) mass is 541 g/mol. The van der Waals surface area contributed by atoms with Crippen LogP contribution in [0.2, 0.25) is 0 Å². The Morgan fingerprint density at radius 2 is 1.68 bits per heavy atom. The predicted molar refractivity (Wildman–Crippen MR) is 131 cm³/mol. The standard InChI is InChI=1S/C27H29F6N3O2/c1-16-5-4-6-17(2)22(16)36-15-25(18(3)23(36)37,14-35-9-7-26(29,30)8-10-35)24(38)34-21-12-19(27(31,32)33)11-20(28)13-21/h4-6,11-13,18H,7-10,14-15H2,1-3H3,(H,34,38). The summed E-state index contributed by atoms with van der Waals surface area (Å²) in [4.78, 5) is 30.6. The third-order valence-corrected chi connectivity index (χ3v) is 7.64. The number of nitrogens with one attached hydrogen (secondary N) is 1. The van der Waals surface area contributed by atoms with Gasteiger partial charge in [-0.2, -0.15) is 13.2 Å². The van der Waals surface area contributed by atoms with Crippen molar-refractivity contribution < 1.29 is 35.9 Å². The average Bonchev–Trinajstić information content (AvgIpc) is 3.05. The number of hydrogen-bond acceptors (Lipinski definition) is 3. The third kappa shape index (κ3) is 5.39. The molecule has 5 nitrogen and oxygen atoms in total. The normalized spacial score (nSPS) is 24.1. The number of piperidine rings is 1. The second-order valence-corrected chi connectivity index (χ2v) is 10.4. The van der Waals surface area contributed by atoms with Crippen LogP contribution in [0.3, 0.4) is 0 Å². The number of hydrogen-bond donors (Lipinski definition) is 1. The van der Waals surface area contributed by atoms with Crippen molar-refractivity contribution in [3.8, 4) is 0 Å². The highest BCUT2D eigenvalue weighted by Gasteiger charge is 2.56. The zero-order valence-corrected chi connectivity index (χ0v) is 21.3. The molecule has 2 unspecified atom stereocenters. The number of likely N-dealkylation sites (tertiary alicyclic amines) is 1. The maximum atomic E-state index is 14.0. The molecule has 2 aliphatic rings. The van der Waals surface area contributed by atoms with Crippen LogP contribution >= 0.6 is 0 Å². The summed E-state index contributed by atoms with van der Waals surface area (Å²) in [6.07, 6.45) is -5.66. The number of anilines is 2. The van der Waals surface area contributed by atoms with E-state index in [1.165, 1.54) is 4.90 Å². The summed E-state index contributed by atoms with van der Waals surface area (Å²) in [5, 5.41) is 2.40. The number of nitrogens with zero attached hydrogens (tertiary/aromatic N) is 2. The minimum Gasteiger partial charge on any atom is -0.325 e. The van der Waals surface area contributed by atoms with Gasteiger partial charge in [0.15, 0.2) is 0 Å². The van der Waals surface area contributed by atoms with Crippen molar-refractivity contribution in [1.82, 2.24) is 4.90 Å². The molecule has 4 rings (SSSR count). The van der Waals surface area contributed by atoms with Crippen molar-refractivity contribution in [2.75, 3.05) is 36.4 Å². The molecule has 0 radical (unpaired) electrons. The zero-order valence-electron chi connectivity index (χ0n) is 21.3. The van der Waals surface area contributed by atoms with Crippen LogP contribution in [0, 0.1) is 31.0 Å². The molecular weight excluding hydrogens is 512 g/mol. The van der Waals surface area contributed by atoms with E-state index in [9.17, 15) is 35.9 Å². The van der Waals surface area contributed by atoms with Gasteiger partial charge in [0.05, 0.1) is 16.9 Å². The quantitative estimate of drug-likeness (QED) is 0.487. The van der Waals surface area contributed by atoms with E-state index in [4.69, 9.17) is 0 Å². The van der Waals surface area contributed by atoms with E-state index in [2.05, 4.69) is 5.32 Å². The lowest BCUT2D eigenvalue weighted by Gasteiger charge is -2.39. The molecule has 2 aromatic rings. The van der Waals surface area contributed by atoms with Gasteiger partial charge in [0, 0.05) is 50.4 Å². The van der Waals surface area contributed by atoms with E-state index in [-0.39, 0.29) is 32.1 Å². The Kier molecular flexibility index (Phi) is 7.28. The molecule has 2 aromatic carbocycles. The average molecular weight is 542 g/mol. The molecule has 2 fully saturated rings. The first-order valence-electron chi connectivity index (χ1n) is 12.3. The minimum absolute atomic E-state index is 0.00940. The Hall–Kier alpha value is -3.08. The molecule has 206 valence electrons. The van der Waals surface area contributed by atoms with Crippen LogP contribution in [-0.4, -0.2) is 48.8 Å². The summed E-state index contributed by atoms with van der Waals surface area (Å²) >= 11 is 0. The smallest absolute Gasteiger partial charge is 0.325 e. The largest absolute Gasteiger partial charge is 0.416 e. The number of carbonyl (C=O) groups excluding carboxylic acids is 2. The highest BCUT2D eigenvalue weighted by molar-refractivity contribution is 6.08. The van der Waals surface area contributed by atoms with Crippen LogP contribution in [-0.2, 0) is 15.8 Å². The van der Waals surface area contributed by atoms with Crippen molar-refractivity contribution >= 4 is 23.2 Å². The first kappa shape index (κ1) is 27.9. The van der Waals surface area contributed by atoms with E-state index in [0.717, 1.165) is 17.2 Å². The van der Waals surface area contributed by atoms with Crippen LogP contribution in [0.4, 0.5) is 37.7 Å². The number of benzene rings is 2. The van der Waals surface area contributed by atoms with E-state index in [1.807, 2.05) is 32.0 Å². The lowest BCUT2D eigenvalue weighted by Crippen LogP contribution is -2.53. The van der Waals surface area contributed by atoms with Crippen molar-refractivity contribution in [3.63, 3.8) is 0 Å². The van der Waals surface area contributed by atoms with Crippen LogP contribution in [0.15, 0.2) is 36.4 Å². The van der Waals surface area contributed by atoms with Crippen molar-refractivity contribution in [1.29, 1.82) is 0 Å². The fraction of sp³-hybridized carbons (Fsp3) is 0.481. The fourth-order valence-corrected chi connectivity index (χ4v) is 5.43. The molecule has 0 bridgehead atoms. The number of para-hydroxylation sites is 1. The summed E-state index contributed by atoms with van der Waals surface area (Å²) in [7, 11) is 0. The summed E-state index contributed by atoms with van der Waals surface area (Å²) in [5.74, 6) is -6.09. The van der Waals surface area contributed by atoms with Gasteiger partial charge in [-0.05, 0) is 43.2 Å². The fourth-order valence-electron chi connectivity index (χ4n) is 5.43. The van der Waals surface area contributed by atoms with Gasteiger partial charge >= 0.3 is 6.18 Å². The molecule has 0 aliphatic carbocycles. The van der Waals surface area contributed by atoms with Crippen LogP contribution in [0.5, 0.6) is 0 Å². The Morgan fingerprint density at radius 1 is 1.08 bits per heavy atom. The number of carbonyl (C=O) groups is 2. The predicted octanol–water partition coefficient (Wildman–Crippen LogP) is 5.80. The van der Waals surface area contributed by atoms with Gasteiger partial charge in [-0.3, -0.25) is 9.59 Å². The van der Waals surface area contributed by atoms with Gasteiger partial charge in [0.2, 0.25) is 11.8 Å². The first-order valence-corrected chi connectivity index (χ1v) is 12.3. The second-order valence-electron chi connectivity index (χ2n) is 10.4. The molecule has 2 saturated heterocycles. The summed E-state index contributed by atoms with van der Waals surface area (Å²) < 4.78 is 81.5. The SMILES string of the molecule is Cc1cccc(C)c1N1CC(CN2CCC(F)(F)CC2)(C(=O)Nc2cc(F)cc(C(F)(F)F)c2)C(C)C1=O. The summed E-state index contributed by atoms with van der Waals surface area (Å²) in [6, 6.07) is 7.18. The second kappa shape index (κ2) is 9.91. The van der Waals surface area contributed by atoms with Gasteiger partial charge in [-0.25, -0.2) is 13.2 Å².